The van der Waals surface area contributed by atoms with Gasteiger partial charge in [0.2, 0.25) is 5.88 Å². The van der Waals surface area contributed by atoms with E-state index in [9.17, 15) is 4.79 Å². The van der Waals surface area contributed by atoms with Crippen molar-refractivity contribution in [1.82, 2.24) is 15.3 Å². The maximum absolute atomic E-state index is 12.6. The molecule has 0 bridgehead atoms. The number of carbonyl (C=O) groups is 1. The molecule has 166 valence electrons. The number of nitrogens with one attached hydrogen (secondary N) is 1. The lowest BCUT2D eigenvalue weighted by Crippen LogP contribution is -2.25. The van der Waals surface area contributed by atoms with Gasteiger partial charge in [0.05, 0.1) is 12.8 Å². The molecule has 0 atom stereocenters. The molecule has 1 aromatic heterocycles. The van der Waals surface area contributed by atoms with Crippen LogP contribution >= 0.6 is 11.6 Å². The van der Waals surface area contributed by atoms with Crippen molar-refractivity contribution in [2.75, 3.05) is 13.7 Å². The standard InChI is InChI=1S/C26H22ClN3O3/c1-32-22-9-11-23(12-10-22)33-25-16-24(29-17-30-25)19-3-2-4-20(15-19)26(31)28-14-13-18-5-7-21(27)8-6-18/h2-12,15-17H,13-14H2,1H3,(H,28,31). The molecule has 4 aromatic rings. The summed E-state index contributed by atoms with van der Waals surface area (Å²) >= 11 is 5.91. The van der Waals surface area contributed by atoms with Gasteiger partial charge in [-0.25, -0.2) is 9.97 Å². The highest BCUT2D eigenvalue weighted by molar-refractivity contribution is 6.30. The molecule has 0 aliphatic rings. The Morgan fingerprint density at radius 2 is 1.70 bits per heavy atom. The summed E-state index contributed by atoms with van der Waals surface area (Å²) in [7, 11) is 1.61. The van der Waals surface area contributed by atoms with Crippen molar-refractivity contribution in [2.24, 2.45) is 0 Å². The summed E-state index contributed by atoms with van der Waals surface area (Å²) in [5, 5.41) is 3.65. The number of methoxy groups -OCH3 is 1. The van der Waals surface area contributed by atoms with Crippen LogP contribution in [-0.2, 0) is 6.42 Å². The number of rotatable bonds is 8. The average molecular weight is 460 g/mol. The molecule has 0 aliphatic heterocycles. The van der Waals surface area contributed by atoms with E-state index in [1.165, 1.54) is 6.33 Å². The maximum atomic E-state index is 12.6. The third-order valence-corrected chi connectivity index (χ3v) is 5.21. The van der Waals surface area contributed by atoms with Crippen LogP contribution in [-0.4, -0.2) is 29.5 Å². The molecule has 4 rings (SSSR count). The second-order valence-electron chi connectivity index (χ2n) is 7.23. The van der Waals surface area contributed by atoms with Gasteiger partial charge in [-0.15, -0.1) is 0 Å². The molecule has 0 radical (unpaired) electrons. The number of aromatic nitrogens is 2. The molecule has 0 spiro atoms. The average Bonchev–Trinajstić information content (AvgIpc) is 2.86. The third kappa shape index (κ3) is 6.08. The third-order valence-electron chi connectivity index (χ3n) is 4.96. The summed E-state index contributed by atoms with van der Waals surface area (Å²) < 4.78 is 11.0. The number of ether oxygens (including phenoxy) is 2. The van der Waals surface area contributed by atoms with Gasteiger partial charge in [-0.2, -0.15) is 0 Å². The first-order valence-corrected chi connectivity index (χ1v) is 10.8. The lowest BCUT2D eigenvalue weighted by Gasteiger charge is -2.09. The van der Waals surface area contributed by atoms with Gasteiger partial charge in [0, 0.05) is 28.8 Å². The molecule has 33 heavy (non-hydrogen) atoms. The van der Waals surface area contributed by atoms with E-state index in [4.69, 9.17) is 21.1 Å². The van der Waals surface area contributed by atoms with E-state index in [2.05, 4.69) is 15.3 Å². The molecule has 0 unspecified atom stereocenters. The fourth-order valence-corrected chi connectivity index (χ4v) is 3.34. The van der Waals surface area contributed by atoms with Crippen LogP contribution in [0.3, 0.4) is 0 Å². The number of halogens is 1. The zero-order valence-corrected chi connectivity index (χ0v) is 18.8. The van der Waals surface area contributed by atoms with E-state index >= 15 is 0 Å². The molecule has 6 nitrogen and oxygen atoms in total. The smallest absolute Gasteiger partial charge is 0.251 e. The summed E-state index contributed by atoms with van der Waals surface area (Å²) in [6.07, 6.45) is 2.16. The number of carbonyl (C=O) groups excluding carboxylic acids is 1. The highest BCUT2D eigenvalue weighted by atomic mass is 35.5. The Bertz CT molecular complexity index is 1230. The first kappa shape index (κ1) is 22.3. The zero-order chi connectivity index (χ0) is 23.0. The highest BCUT2D eigenvalue weighted by Gasteiger charge is 2.09. The van der Waals surface area contributed by atoms with Crippen molar-refractivity contribution >= 4 is 17.5 Å². The molecule has 1 amide bonds. The van der Waals surface area contributed by atoms with Crippen LogP contribution in [0.25, 0.3) is 11.3 Å². The SMILES string of the molecule is COc1ccc(Oc2cc(-c3cccc(C(=O)NCCc4ccc(Cl)cc4)c3)ncn2)cc1. The van der Waals surface area contributed by atoms with Crippen molar-refractivity contribution in [1.29, 1.82) is 0 Å². The van der Waals surface area contributed by atoms with Gasteiger partial charge in [-0.3, -0.25) is 4.79 Å². The van der Waals surface area contributed by atoms with Crippen LogP contribution in [0.1, 0.15) is 15.9 Å². The van der Waals surface area contributed by atoms with Gasteiger partial charge in [-0.05, 0) is 60.5 Å². The Morgan fingerprint density at radius 3 is 2.45 bits per heavy atom. The normalized spacial score (nSPS) is 10.5. The lowest BCUT2D eigenvalue weighted by molar-refractivity contribution is 0.0954. The van der Waals surface area contributed by atoms with Crippen molar-refractivity contribution in [3.05, 3.63) is 101 Å². The van der Waals surface area contributed by atoms with Gasteiger partial charge in [0.15, 0.2) is 0 Å². The van der Waals surface area contributed by atoms with E-state index < -0.39 is 0 Å². The summed E-state index contributed by atoms with van der Waals surface area (Å²) in [6, 6.07) is 23.9. The summed E-state index contributed by atoms with van der Waals surface area (Å²) in [5.74, 6) is 1.64. The first-order chi connectivity index (χ1) is 16.1. The monoisotopic (exact) mass is 459 g/mol. The number of amides is 1. The predicted molar refractivity (Wildman–Crippen MR) is 128 cm³/mol. The molecule has 1 heterocycles. The van der Waals surface area contributed by atoms with E-state index in [-0.39, 0.29) is 5.91 Å². The number of hydrogen-bond acceptors (Lipinski definition) is 5. The van der Waals surface area contributed by atoms with Crippen LogP contribution in [0.2, 0.25) is 5.02 Å². The quantitative estimate of drug-likeness (QED) is 0.373. The Kier molecular flexibility index (Phi) is 7.17. The van der Waals surface area contributed by atoms with Gasteiger partial charge in [0.25, 0.3) is 5.91 Å². The molecule has 0 fully saturated rings. The lowest BCUT2D eigenvalue weighted by atomic mass is 10.1. The van der Waals surface area contributed by atoms with Crippen LogP contribution in [0.15, 0.2) is 85.2 Å². The van der Waals surface area contributed by atoms with E-state index in [0.717, 1.165) is 23.3 Å². The predicted octanol–water partition coefficient (Wildman–Crippen LogP) is 5.57. The van der Waals surface area contributed by atoms with E-state index in [1.807, 2.05) is 48.5 Å². The van der Waals surface area contributed by atoms with Crippen molar-refractivity contribution < 1.29 is 14.3 Å². The molecular weight excluding hydrogens is 438 g/mol. The van der Waals surface area contributed by atoms with Crippen LogP contribution in [0.4, 0.5) is 0 Å². The minimum absolute atomic E-state index is 0.144. The van der Waals surface area contributed by atoms with Crippen LogP contribution in [0.5, 0.6) is 17.4 Å². The van der Waals surface area contributed by atoms with Gasteiger partial charge in [0.1, 0.15) is 17.8 Å². The van der Waals surface area contributed by atoms with E-state index in [0.29, 0.717) is 34.5 Å². The number of hydrogen-bond donors (Lipinski definition) is 1. The minimum atomic E-state index is -0.144. The Morgan fingerprint density at radius 1 is 0.939 bits per heavy atom. The van der Waals surface area contributed by atoms with Gasteiger partial charge >= 0.3 is 0 Å². The Labute approximate surface area is 197 Å². The molecule has 0 saturated carbocycles. The Balaban J connectivity index is 1.41. The summed E-state index contributed by atoms with van der Waals surface area (Å²) in [4.78, 5) is 21.2. The molecule has 7 heteroatoms. The Hall–Kier alpha value is -3.90. The topological polar surface area (TPSA) is 73.3 Å². The zero-order valence-electron chi connectivity index (χ0n) is 18.0. The van der Waals surface area contributed by atoms with Gasteiger partial charge < -0.3 is 14.8 Å². The summed E-state index contributed by atoms with van der Waals surface area (Å²) in [6.45, 7) is 0.526. The largest absolute Gasteiger partial charge is 0.497 e. The fraction of sp³-hybridized carbons (Fsp3) is 0.115. The number of benzene rings is 3. The molecular formula is C26H22ClN3O3. The molecule has 0 aliphatic carbocycles. The minimum Gasteiger partial charge on any atom is -0.497 e. The van der Waals surface area contributed by atoms with Crippen LogP contribution in [0, 0.1) is 0 Å². The van der Waals surface area contributed by atoms with Crippen molar-refractivity contribution in [3.63, 3.8) is 0 Å². The first-order valence-electron chi connectivity index (χ1n) is 10.4. The van der Waals surface area contributed by atoms with Crippen LogP contribution < -0.4 is 14.8 Å². The number of nitrogens with zero attached hydrogens (tertiary/aromatic N) is 2. The second-order valence-corrected chi connectivity index (χ2v) is 7.67. The second kappa shape index (κ2) is 10.6. The summed E-state index contributed by atoms with van der Waals surface area (Å²) in [5.41, 5.74) is 3.12. The maximum Gasteiger partial charge on any atom is 0.251 e. The molecule has 1 N–H and O–H groups in total. The van der Waals surface area contributed by atoms with E-state index in [1.54, 1.807) is 37.4 Å². The fourth-order valence-electron chi connectivity index (χ4n) is 3.21. The molecule has 0 saturated heterocycles. The molecule has 3 aromatic carbocycles. The van der Waals surface area contributed by atoms with Crippen molar-refractivity contribution in [2.45, 2.75) is 6.42 Å². The van der Waals surface area contributed by atoms with Crippen molar-refractivity contribution in [3.8, 4) is 28.6 Å². The highest BCUT2D eigenvalue weighted by Crippen LogP contribution is 2.25. The van der Waals surface area contributed by atoms with Gasteiger partial charge in [-0.1, -0.05) is 35.9 Å².